The monoisotopic (exact) mass is 367 g/mol. The average Bonchev–Trinajstić information content (AvgIpc) is 3.14. The molecule has 140 valence electrons. The van der Waals surface area contributed by atoms with Crippen molar-refractivity contribution < 1.29 is 9.53 Å². The van der Waals surface area contributed by atoms with E-state index in [-0.39, 0.29) is 12.5 Å². The molecule has 0 aliphatic carbocycles. The highest BCUT2D eigenvalue weighted by Gasteiger charge is 2.09. The van der Waals surface area contributed by atoms with Crippen molar-refractivity contribution in [1.29, 1.82) is 0 Å². The SMILES string of the molecule is CN(C)C(=O)CN=C(NCCCN1CCOCC1)NCc1cccs1. The quantitative estimate of drug-likeness (QED) is 0.400. The van der Waals surface area contributed by atoms with Gasteiger partial charge in [-0.1, -0.05) is 6.07 Å². The zero-order valence-corrected chi connectivity index (χ0v) is 16.0. The van der Waals surface area contributed by atoms with Crippen molar-refractivity contribution in [2.75, 3.05) is 60.0 Å². The van der Waals surface area contributed by atoms with Crippen LogP contribution in [0.3, 0.4) is 0 Å². The molecule has 1 aliphatic rings. The van der Waals surface area contributed by atoms with Gasteiger partial charge in [-0.3, -0.25) is 9.69 Å². The molecule has 1 amide bonds. The number of ether oxygens (including phenoxy) is 1. The Kier molecular flexibility index (Phi) is 8.71. The molecular weight excluding hydrogens is 338 g/mol. The number of aliphatic imine (C=N–C) groups is 1. The third-order valence-corrected chi connectivity index (χ3v) is 4.81. The highest BCUT2D eigenvalue weighted by Crippen LogP contribution is 2.07. The summed E-state index contributed by atoms with van der Waals surface area (Å²) in [5.41, 5.74) is 0. The van der Waals surface area contributed by atoms with Crippen molar-refractivity contribution in [2.45, 2.75) is 13.0 Å². The molecule has 2 heterocycles. The zero-order valence-electron chi connectivity index (χ0n) is 15.2. The molecule has 2 rings (SSSR count). The van der Waals surface area contributed by atoms with Crippen LogP contribution in [0.1, 0.15) is 11.3 Å². The van der Waals surface area contributed by atoms with Gasteiger partial charge in [0.05, 0.1) is 19.8 Å². The van der Waals surface area contributed by atoms with E-state index >= 15 is 0 Å². The molecule has 1 aromatic heterocycles. The molecule has 0 saturated carbocycles. The first-order chi connectivity index (χ1) is 12.1. The van der Waals surface area contributed by atoms with E-state index in [0.717, 1.165) is 45.8 Å². The van der Waals surface area contributed by atoms with Crippen LogP contribution in [0.5, 0.6) is 0 Å². The van der Waals surface area contributed by atoms with Gasteiger partial charge in [-0.05, 0) is 24.4 Å². The fraction of sp³-hybridized carbons (Fsp3) is 0.647. The van der Waals surface area contributed by atoms with Crippen molar-refractivity contribution in [1.82, 2.24) is 20.4 Å². The summed E-state index contributed by atoms with van der Waals surface area (Å²) < 4.78 is 5.36. The number of carbonyl (C=O) groups excluding carboxylic acids is 1. The van der Waals surface area contributed by atoms with Gasteiger partial charge in [-0.15, -0.1) is 11.3 Å². The van der Waals surface area contributed by atoms with Crippen LogP contribution in [0.2, 0.25) is 0 Å². The molecule has 2 N–H and O–H groups in total. The number of nitrogens with one attached hydrogen (secondary N) is 2. The van der Waals surface area contributed by atoms with E-state index in [4.69, 9.17) is 4.74 Å². The van der Waals surface area contributed by atoms with Gasteiger partial charge in [-0.25, -0.2) is 4.99 Å². The molecule has 1 fully saturated rings. The smallest absolute Gasteiger partial charge is 0.243 e. The lowest BCUT2D eigenvalue weighted by Gasteiger charge is -2.26. The van der Waals surface area contributed by atoms with Crippen LogP contribution in [0, 0.1) is 0 Å². The number of carbonyl (C=O) groups is 1. The number of morpholine rings is 1. The third-order valence-electron chi connectivity index (χ3n) is 3.93. The van der Waals surface area contributed by atoms with Crippen LogP contribution >= 0.6 is 11.3 Å². The maximum atomic E-state index is 11.8. The summed E-state index contributed by atoms with van der Waals surface area (Å²) in [6.45, 7) is 6.41. The Bertz CT molecular complexity index is 527. The molecule has 0 atom stereocenters. The zero-order chi connectivity index (χ0) is 17.9. The molecule has 1 saturated heterocycles. The molecule has 0 spiro atoms. The van der Waals surface area contributed by atoms with Gasteiger partial charge in [0.15, 0.2) is 5.96 Å². The molecule has 0 aromatic carbocycles. The summed E-state index contributed by atoms with van der Waals surface area (Å²) in [6.07, 6.45) is 1.03. The van der Waals surface area contributed by atoms with Gasteiger partial charge in [0.25, 0.3) is 0 Å². The largest absolute Gasteiger partial charge is 0.379 e. The minimum Gasteiger partial charge on any atom is -0.379 e. The number of hydrogen-bond donors (Lipinski definition) is 2. The Hall–Kier alpha value is -1.64. The van der Waals surface area contributed by atoms with Crippen LogP contribution in [0.4, 0.5) is 0 Å². The van der Waals surface area contributed by atoms with Gasteiger partial charge in [0.2, 0.25) is 5.91 Å². The maximum Gasteiger partial charge on any atom is 0.243 e. The van der Waals surface area contributed by atoms with Gasteiger partial charge in [-0.2, -0.15) is 0 Å². The Labute approximate surface area is 154 Å². The number of nitrogens with zero attached hydrogens (tertiary/aromatic N) is 3. The molecule has 0 bridgehead atoms. The summed E-state index contributed by atoms with van der Waals surface area (Å²) in [4.78, 5) is 21.4. The van der Waals surface area contributed by atoms with E-state index in [2.05, 4.69) is 32.0 Å². The van der Waals surface area contributed by atoms with Crippen molar-refractivity contribution >= 4 is 23.2 Å². The van der Waals surface area contributed by atoms with Crippen molar-refractivity contribution in [2.24, 2.45) is 4.99 Å². The summed E-state index contributed by atoms with van der Waals surface area (Å²) >= 11 is 1.70. The second kappa shape index (κ2) is 11.1. The molecule has 25 heavy (non-hydrogen) atoms. The standard InChI is InChI=1S/C17H29N5O2S/c1-21(2)16(23)14-20-17(19-13-15-5-3-12-25-15)18-6-4-7-22-8-10-24-11-9-22/h3,5,12H,4,6-11,13-14H2,1-2H3,(H2,18,19,20). The number of rotatable bonds is 8. The van der Waals surface area contributed by atoms with Crippen LogP contribution in [0.15, 0.2) is 22.5 Å². The molecule has 1 aliphatic heterocycles. The summed E-state index contributed by atoms with van der Waals surface area (Å²) in [5.74, 6) is 0.677. The van der Waals surface area contributed by atoms with Crippen molar-refractivity contribution in [3.05, 3.63) is 22.4 Å². The first-order valence-electron chi connectivity index (χ1n) is 8.70. The van der Waals surface area contributed by atoms with Gasteiger partial charge in [0.1, 0.15) is 6.54 Å². The summed E-state index contributed by atoms with van der Waals surface area (Å²) in [5, 5.41) is 8.69. The molecule has 7 nitrogen and oxygen atoms in total. The molecular formula is C17H29N5O2S. The summed E-state index contributed by atoms with van der Waals surface area (Å²) in [6, 6.07) is 4.11. The van der Waals surface area contributed by atoms with E-state index < -0.39 is 0 Å². The second-order valence-electron chi connectivity index (χ2n) is 6.12. The van der Waals surface area contributed by atoms with Crippen molar-refractivity contribution in [3.63, 3.8) is 0 Å². The lowest BCUT2D eigenvalue weighted by atomic mass is 10.3. The molecule has 0 unspecified atom stereocenters. The van der Waals surface area contributed by atoms with Crippen molar-refractivity contribution in [3.8, 4) is 0 Å². The fourth-order valence-electron chi connectivity index (χ4n) is 2.38. The second-order valence-corrected chi connectivity index (χ2v) is 7.15. The minimum atomic E-state index is -0.00876. The molecule has 0 radical (unpaired) electrons. The molecule has 1 aromatic rings. The predicted octanol–water partition coefficient (Wildman–Crippen LogP) is 0.594. The number of likely N-dealkylation sites (N-methyl/N-ethyl adjacent to an activating group) is 1. The van der Waals surface area contributed by atoms with Gasteiger partial charge < -0.3 is 20.3 Å². The van der Waals surface area contributed by atoms with Gasteiger partial charge >= 0.3 is 0 Å². The maximum absolute atomic E-state index is 11.8. The first kappa shape index (κ1) is 19.7. The number of thiophene rings is 1. The molecule has 8 heteroatoms. The van der Waals surface area contributed by atoms with E-state index in [9.17, 15) is 4.79 Å². The van der Waals surface area contributed by atoms with Crippen LogP contribution < -0.4 is 10.6 Å². The lowest BCUT2D eigenvalue weighted by molar-refractivity contribution is -0.127. The predicted molar refractivity (Wildman–Crippen MR) is 102 cm³/mol. The van der Waals surface area contributed by atoms with E-state index in [1.165, 1.54) is 4.88 Å². The normalized spacial score (nSPS) is 15.8. The van der Waals surface area contributed by atoms with E-state index in [1.54, 1.807) is 30.3 Å². The first-order valence-corrected chi connectivity index (χ1v) is 9.58. The van der Waals surface area contributed by atoms with Crippen LogP contribution in [-0.2, 0) is 16.1 Å². The Balaban J connectivity index is 1.75. The van der Waals surface area contributed by atoms with E-state index in [0.29, 0.717) is 12.5 Å². The summed E-state index contributed by atoms with van der Waals surface area (Å²) in [7, 11) is 3.48. The number of hydrogen-bond acceptors (Lipinski definition) is 5. The fourth-order valence-corrected chi connectivity index (χ4v) is 3.03. The minimum absolute atomic E-state index is 0.00876. The van der Waals surface area contributed by atoms with Crippen LogP contribution in [-0.4, -0.2) is 81.7 Å². The third kappa shape index (κ3) is 7.85. The Morgan fingerprint density at radius 2 is 2.16 bits per heavy atom. The lowest BCUT2D eigenvalue weighted by Crippen LogP contribution is -2.41. The topological polar surface area (TPSA) is 69.2 Å². The van der Waals surface area contributed by atoms with E-state index in [1.807, 2.05) is 6.07 Å². The number of amides is 1. The average molecular weight is 368 g/mol. The Morgan fingerprint density at radius 1 is 1.36 bits per heavy atom. The highest BCUT2D eigenvalue weighted by atomic mass is 32.1. The Morgan fingerprint density at radius 3 is 2.84 bits per heavy atom. The number of guanidine groups is 1. The highest BCUT2D eigenvalue weighted by molar-refractivity contribution is 7.09. The van der Waals surface area contributed by atoms with Crippen LogP contribution in [0.25, 0.3) is 0 Å². The van der Waals surface area contributed by atoms with Gasteiger partial charge in [0, 0.05) is 38.6 Å².